The zero-order valence-electron chi connectivity index (χ0n) is 14.7. The smallest absolute Gasteiger partial charge is 0.326 e. The number of piperidine rings is 1. The molecule has 2 aromatic heterocycles. The van der Waals surface area contributed by atoms with E-state index in [0.717, 1.165) is 48.6 Å². The van der Waals surface area contributed by atoms with Crippen molar-refractivity contribution >= 4 is 17.0 Å². The molecular weight excluding hydrogens is 342 g/mol. The minimum absolute atomic E-state index is 0.0382. The highest BCUT2D eigenvalue weighted by Gasteiger charge is 2.26. The number of rotatable bonds is 3. The Labute approximate surface area is 155 Å². The standard InChI is InChI=1S/C19H19N7O/c27-19-20-16-8-4-5-9-17(16)25(19)14-10-12-24(13-11-14)18-21-22-23-26(18)15-6-2-1-3-7-15/h1-9,14H,10-13H2,(H,20,27). The number of aromatic nitrogens is 6. The molecule has 8 heteroatoms. The number of nitrogens with one attached hydrogen (secondary N) is 1. The predicted octanol–water partition coefficient (Wildman–Crippen LogP) is 2.15. The molecule has 136 valence electrons. The second-order valence-corrected chi connectivity index (χ2v) is 6.76. The number of aromatic amines is 1. The third kappa shape index (κ3) is 2.69. The Morgan fingerprint density at radius 3 is 2.52 bits per heavy atom. The second kappa shape index (κ2) is 6.39. The molecule has 0 spiro atoms. The number of H-pyrrole nitrogens is 1. The van der Waals surface area contributed by atoms with Crippen LogP contribution in [-0.4, -0.2) is 42.8 Å². The fourth-order valence-corrected chi connectivity index (χ4v) is 3.88. The van der Waals surface area contributed by atoms with Crippen LogP contribution >= 0.6 is 0 Å². The van der Waals surface area contributed by atoms with Crippen molar-refractivity contribution in [3.63, 3.8) is 0 Å². The highest BCUT2D eigenvalue weighted by molar-refractivity contribution is 5.75. The first-order chi connectivity index (χ1) is 13.3. The normalized spacial score (nSPS) is 15.5. The Morgan fingerprint density at radius 1 is 0.963 bits per heavy atom. The molecule has 2 aromatic carbocycles. The van der Waals surface area contributed by atoms with Gasteiger partial charge in [-0.15, -0.1) is 0 Å². The van der Waals surface area contributed by atoms with Crippen molar-refractivity contribution in [3.8, 4) is 5.69 Å². The minimum Gasteiger partial charge on any atom is -0.339 e. The number of benzene rings is 2. The summed E-state index contributed by atoms with van der Waals surface area (Å²) in [5.41, 5.74) is 2.75. The molecule has 0 saturated carbocycles. The Morgan fingerprint density at radius 2 is 1.70 bits per heavy atom. The van der Waals surface area contributed by atoms with E-state index >= 15 is 0 Å². The van der Waals surface area contributed by atoms with Gasteiger partial charge in [0.05, 0.1) is 16.7 Å². The summed E-state index contributed by atoms with van der Waals surface area (Å²) in [7, 11) is 0. The van der Waals surface area contributed by atoms with Gasteiger partial charge in [0, 0.05) is 19.1 Å². The number of para-hydroxylation sites is 3. The topological polar surface area (TPSA) is 84.6 Å². The summed E-state index contributed by atoms with van der Waals surface area (Å²) in [5, 5.41) is 12.2. The summed E-state index contributed by atoms with van der Waals surface area (Å²) in [6.07, 6.45) is 1.73. The number of nitrogens with zero attached hydrogens (tertiary/aromatic N) is 6. The van der Waals surface area contributed by atoms with Crippen molar-refractivity contribution in [1.29, 1.82) is 0 Å². The van der Waals surface area contributed by atoms with Crippen LogP contribution in [0.1, 0.15) is 18.9 Å². The van der Waals surface area contributed by atoms with Crippen LogP contribution < -0.4 is 10.6 Å². The van der Waals surface area contributed by atoms with Crippen molar-refractivity contribution in [1.82, 2.24) is 29.8 Å². The molecule has 4 aromatic rings. The van der Waals surface area contributed by atoms with Crippen molar-refractivity contribution in [2.45, 2.75) is 18.9 Å². The molecule has 0 amide bonds. The molecule has 27 heavy (non-hydrogen) atoms. The summed E-state index contributed by atoms with van der Waals surface area (Å²) in [5.74, 6) is 0.742. The van der Waals surface area contributed by atoms with E-state index in [9.17, 15) is 4.79 Å². The third-order valence-electron chi connectivity index (χ3n) is 5.19. The van der Waals surface area contributed by atoms with E-state index in [2.05, 4.69) is 25.4 Å². The van der Waals surface area contributed by atoms with Gasteiger partial charge in [0.2, 0.25) is 5.95 Å². The molecule has 1 aliphatic heterocycles. The van der Waals surface area contributed by atoms with Crippen molar-refractivity contribution in [3.05, 3.63) is 65.1 Å². The van der Waals surface area contributed by atoms with Crippen molar-refractivity contribution < 1.29 is 0 Å². The van der Waals surface area contributed by atoms with Gasteiger partial charge in [0.15, 0.2) is 0 Å². The number of hydrogen-bond donors (Lipinski definition) is 1. The van der Waals surface area contributed by atoms with Crippen LogP contribution in [-0.2, 0) is 0 Å². The molecule has 8 nitrogen and oxygen atoms in total. The van der Waals surface area contributed by atoms with Crippen LogP contribution in [0.3, 0.4) is 0 Å². The maximum Gasteiger partial charge on any atom is 0.326 e. The average molecular weight is 361 g/mol. The van der Waals surface area contributed by atoms with Gasteiger partial charge in [-0.05, 0) is 47.5 Å². The van der Waals surface area contributed by atoms with E-state index in [4.69, 9.17) is 0 Å². The third-order valence-corrected chi connectivity index (χ3v) is 5.19. The lowest BCUT2D eigenvalue weighted by molar-refractivity contribution is 0.393. The largest absolute Gasteiger partial charge is 0.339 e. The SMILES string of the molecule is O=c1[nH]c2ccccc2n1C1CCN(c2nnnn2-c2ccccc2)CC1. The first-order valence-corrected chi connectivity index (χ1v) is 9.09. The number of tetrazole rings is 1. The van der Waals surface area contributed by atoms with Gasteiger partial charge >= 0.3 is 5.69 Å². The van der Waals surface area contributed by atoms with Crippen LogP contribution in [0.4, 0.5) is 5.95 Å². The quantitative estimate of drug-likeness (QED) is 0.604. The van der Waals surface area contributed by atoms with Gasteiger partial charge in [-0.25, -0.2) is 4.79 Å². The predicted molar refractivity (Wildman–Crippen MR) is 102 cm³/mol. The lowest BCUT2D eigenvalue weighted by Gasteiger charge is -2.32. The van der Waals surface area contributed by atoms with E-state index < -0.39 is 0 Å². The van der Waals surface area contributed by atoms with Crippen molar-refractivity contribution in [2.24, 2.45) is 0 Å². The summed E-state index contributed by atoms with van der Waals surface area (Å²) < 4.78 is 3.66. The van der Waals surface area contributed by atoms with E-state index in [1.54, 1.807) is 4.68 Å². The number of hydrogen-bond acceptors (Lipinski definition) is 5. The van der Waals surface area contributed by atoms with Crippen molar-refractivity contribution in [2.75, 3.05) is 18.0 Å². The summed E-state index contributed by atoms with van der Waals surface area (Å²) in [6, 6.07) is 17.9. The summed E-state index contributed by atoms with van der Waals surface area (Å²) in [4.78, 5) is 17.6. The molecule has 0 unspecified atom stereocenters. The minimum atomic E-state index is -0.0382. The Balaban J connectivity index is 1.39. The maximum atomic E-state index is 12.4. The Hall–Kier alpha value is -3.42. The molecule has 1 fully saturated rings. The molecule has 0 aliphatic carbocycles. The Bertz CT molecular complexity index is 1120. The van der Waals surface area contributed by atoms with Crippen LogP contribution in [0.25, 0.3) is 16.7 Å². The zero-order valence-corrected chi connectivity index (χ0v) is 14.7. The van der Waals surface area contributed by atoms with E-state index in [1.165, 1.54) is 0 Å². The molecule has 5 rings (SSSR count). The highest BCUT2D eigenvalue weighted by Crippen LogP contribution is 2.27. The summed E-state index contributed by atoms with van der Waals surface area (Å²) in [6.45, 7) is 1.59. The van der Waals surface area contributed by atoms with Crippen LogP contribution in [0.15, 0.2) is 59.4 Å². The van der Waals surface area contributed by atoms with Gasteiger partial charge in [-0.1, -0.05) is 35.4 Å². The fraction of sp³-hybridized carbons (Fsp3) is 0.263. The highest BCUT2D eigenvalue weighted by atomic mass is 16.1. The summed E-state index contributed by atoms with van der Waals surface area (Å²) >= 11 is 0. The molecule has 0 bridgehead atoms. The molecule has 3 heterocycles. The Kier molecular flexibility index (Phi) is 3.74. The van der Waals surface area contributed by atoms with Gasteiger partial charge in [-0.2, -0.15) is 4.68 Å². The second-order valence-electron chi connectivity index (χ2n) is 6.76. The van der Waals surface area contributed by atoms with Gasteiger partial charge < -0.3 is 9.88 Å². The van der Waals surface area contributed by atoms with Gasteiger partial charge in [0.25, 0.3) is 0 Å². The number of fused-ring (bicyclic) bond motifs is 1. The van der Waals surface area contributed by atoms with Gasteiger partial charge in [0.1, 0.15) is 0 Å². The molecule has 0 radical (unpaired) electrons. The fourth-order valence-electron chi connectivity index (χ4n) is 3.88. The molecule has 1 saturated heterocycles. The van der Waals surface area contributed by atoms with E-state index in [-0.39, 0.29) is 11.7 Å². The molecular formula is C19H19N7O. The van der Waals surface area contributed by atoms with E-state index in [1.807, 2.05) is 59.2 Å². The average Bonchev–Trinajstić information content (AvgIpc) is 3.33. The van der Waals surface area contributed by atoms with Crippen LogP contribution in [0.2, 0.25) is 0 Å². The lowest BCUT2D eigenvalue weighted by atomic mass is 10.0. The maximum absolute atomic E-state index is 12.4. The monoisotopic (exact) mass is 361 g/mol. The molecule has 0 atom stereocenters. The van der Waals surface area contributed by atoms with Crippen LogP contribution in [0.5, 0.6) is 0 Å². The van der Waals surface area contributed by atoms with Crippen LogP contribution in [0, 0.1) is 0 Å². The number of imidazole rings is 1. The zero-order chi connectivity index (χ0) is 18.2. The van der Waals surface area contributed by atoms with E-state index in [0.29, 0.717) is 0 Å². The molecule has 1 aliphatic rings. The number of anilines is 1. The van der Waals surface area contributed by atoms with Gasteiger partial charge in [-0.3, -0.25) is 4.57 Å². The first-order valence-electron chi connectivity index (χ1n) is 9.09. The molecule has 1 N–H and O–H groups in total. The first kappa shape index (κ1) is 15.8. The lowest BCUT2D eigenvalue weighted by Crippen LogP contribution is -2.38.